The summed E-state index contributed by atoms with van der Waals surface area (Å²) in [5, 5.41) is 9.78. The minimum Gasteiger partial charge on any atom is -0.453 e. The van der Waals surface area contributed by atoms with Crippen molar-refractivity contribution in [3.63, 3.8) is 0 Å². The van der Waals surface area contributed by atoms with E-state index < -0.39 is 0 Å². The van der Waals surface area contributed by atoms with Gasteiger partial charge in [0.25, 0.3) is 0 Å². The number of rotatable bonds is 7. The van der Waals surface area contributed by atoms with Crippen molar-refractivity contribution in [2.45, 2.75) is 13.3 Å². The second-order valence-corrected chi connectivity index (χ2v) is 4.52. The lowest BCUT2D eigenvalue weighted by Gasteiger charge is -2.17. The molecule has 0 unspecified atom stereocenters. The lowest BCUT2D eigenvalue weighted by molar-refractivity contribution is 0.0903. The number of hydrogen-bond donors (Lipinski definition) is 1. The molecule has 19 heavy (non-hydrogen) atoms. The molecule has 0 fully saturated rings. The maximum atomic E-state index is 12.1. The molecule has 0 atom stereocenters. The van der Waals surface area contributed by atoms with Gasteiger partial charge in [0.15, 0.2) is 5.76 Å². The number of carbonyl (C=O) groups is 1. The van der Waals surface area contributed by atoms with Crippen LogP contribution in [-0.4, -0.2) is 42.0 Å². The molecule has 0 aliphatic carbocycles. The van der Waals surface area contributed by atoms with Crippen LogP contribution in [0, 0.1) is 0 Å². The molecule has 0 aliphatic heterocycles. The Kier molecular flexibility index (Phi) is 4.71. The number of furan rings is 1. The fourth-order valence-electron chi connectivity index (χ4n) is 2.04. The molecule has 0 bridgehead atoms. The highest BCUT2D eigenvalue weighted by molar-refractivity contribution is 5.98. The van der Waals surface area contributed by atoms with E-state index in [9.17, 15) is 4.79 Å². The number of ketones is 1. The van der Waals surface area contributed by atoms with E-state index in [1.54, 1.807) is 6.07 Å². The Hall–Kier alpha value is -1.65. The van der Waals surface area contributed by atoms with Gasteiger partial charge >= 0.3 is 0 Å². The van der Waals surface area contributed by atoms with Crippen LogP contribution in [0.5, 0.6) is 0 Å². The van der Waals surface area contributed by atoms with Crippen LogP contribution in [0.15, 0.2) is 34.7 Å². The third-order valence-corrected chi connectivity index (χ3v) is 3.15. The Bertz CT molecular complexity index is 514. The average Bonchev–Trinajstić information content (AvgIpc) is 2.87. The SMILES string of the molecule is CCN(CCCO)CC(=O)c1cc2ccccc2o1. The molecule has 4 nitrogen and oxygen atoms in total. The summed E-state index contributed by atoms with van der Waals surface area (Å²) in [4.78, 5) is 14.2. The number of carbonyl (C=O) groups excluding carboxylic acids is 1. The third-order valence-electron chi connectivity index (χ3n) is 3.15. The van der Waals surface area contributed by atoms with Crippen LogP contribution in [0.25, 0.3) is 11.0 Å². The summed E-state index contributed by atoms with van der Waals surface area (Å²) in [5.41, 5.74) is 0.740. The zero-order valence-corrected chi connectivity index (χ0v) is 11.1. The van der Waals surface area contributed by atoms with E-state index in [-0.39, 0.29) is 12.4 Å². The summed E-state index contributed by atoms with van der Waals surface area (Å²) in [6.07, 6.45) is 0.682. The van der Waals surface area contributed by atoms with Gasteiger partial charge in [-0.2, -0.15) is 0 Å². The van der Waals surface area contributed by atoms with Gasteiger partial charge in [-0.15, -0.1) is 0 Å². The number of benzene rings is 1. The van der Waals surface area contributed by atoms with E-state index in [1.807, 2.05) is 36.1 Å². The predicted molar refractivity (Wildman–Crippen MR) is 74.4 cm³/mol. The van der Waals surface area contributed by atoms with E-state index in [0.29, 0.717) is 18.7 Å². The molecule has 1 N–H and O–H groups in total. The Morgan fingerprint density at radius 1 is 1.37 bits per heavy atom. The van der Waals surface area contributed by atoms with E-state index in [4.69, 9.17) is 9.52 Å². The number of fused-ring (bicyclic) bond motifs is 1. The van der Waals surface area contributed by atoms with Crippen molar-refractivity contribution in [3.8, 4) is 0 Å². The molecule has 0 saturated carbocycles. The van der Waals surface area contributed by atoms with Crippen molar-refractivity contribution in [1.29, 1.82) is 0 Å². The fourth-order valence-corrected chi connectivity index (χ4v) is 2.04. The molecule has 1 aromatic carbocycles. The van der Waals surface area contributed by atoms with Gasteiger partial charge in [0.1, 0.15) is 5.58 Å². The van der Waals surface area contributed by atoms with Crippen molar-refractivity contribution in [2.24, 2.45) is 0 Å². The van der Waals surface area contributed by atoms with Crippen LogP contribution in [-0.2, 0) is 0 Å². The molecule has 0 aliphatic rings. The van der Waals surface area contributed by atoms with Gasteiger partial charge in [0.05, 0.1) is 6.54 Å². The van der Waals surface area contributed by atoms with Gasteiger partial charge in [-0.1, -0.05) is 25.1 Å². The summed E-state index contributed by atoms with van der Waals surface area (Å²) in [5.74, 6) is 0.389. The summed E-state index contributed by atoms with van der Waals surface area (Å²) < 4.78 is 5.55. The molecule has 0 saturated heterocycles. The number of aliphatic hydroxyl groups is 1. The number of nitrogens with zero attached hydrogens (tertiary/aromatic N) is 1. The zero-order valence-electron chi connectivity index (χ0n) is 11.1. The largest absolute Gasteiger partial charge is 0.453 e. The van der Waals surface area contributed by atoms with Crippen molar-refractivity contribution in [2.75, 3.05) is 26.2 Å². The summed E-state index contributed by atoms with van der Waals surface area (Å²) in [6, 6.07) is 9.39. The molecule has 1 heterocycles. The average molecular weight is 261 g/mol. The van der Waals surface area contributed by atoms with E-state index in [0.717, 1.165) is 24.1 Å². The first-order valence-electron chi connectivity index (χ1n) is 6.59. The van der Waals surface area contributed by atoms with Crippen LogP contribution in [0.2, 0.25) is 0 Å². The molecule has 102 valence electrons. The van der Waals surface area contributed by atoms with Gasteiger partial charge in [-0.3, -0.25) is 9.69 Å². The Morgan fingerprint density at radius 3 is 2.84 bits per heavy atom. The Labute approximate surface area is 112 Å². The van der Waals surface area contributed by atoms with Gasteiger partial charge in [-0.05, 0) is 25.1 Å². The molecule has 0 radical (unpaired) electrons. The highest BCUT2D eigenvalue weighted by atomic mass is 16.3. The minimum atomic E-state index is -0.0176. The molecule has 1 aromatic heterocycles. The molecule has 0 amide bonds. The number of likely N-dealkylation sites (N-methyl/N-ethyl adjacent to an activating group) is 1. The van der Waals surface area contributed by atoms with Crippen molar-refractivity contribution in [1.82, 2.24) is 4.90 Å². The lowest BCUT2D eigenvalue weighted by atomic mass is 10.2. The van der Waals surface area contributed by atoms with Crippen LogP contribution < -0.4 is 0 Å². The monoisotopic (exact) mass is 261 g/mol. The second-order valence-electron chi connectivity index (χ2n) is 4.52. The zero-order chi connectivity index (χ0) is 13.7. The third kappa shape index (κ3) is 3.43. The number of para-hydroxylation sites is 1. The summed E-state index contributed by atoms with van der Waals surface area (Å²) in [7, 11) is 0. The van der Waals surface area contributed by atoms with Crippen molar-refractivity contribution < 1.29 is 14.3 Å². The van der Waals surface area contributed by atoms with E-state index in [1.165, 1.54) is 0 Å². The van der Waals surface area contributed by atoms with Gasteiger partial charge in [0.2, 0.25) is 5.78 Å². The summed E-state index contributed by atoms with van der Waals surface area (Å²) in [6.45, 7) is 3.99. The van der Waals surface area contributed by atoms with Crippen LogP contribution in [0.3, 0.4) is 0 Å². The first-order valence-corrected chi connectivity index (χ1v) is 6.59. The lowest BCUT2D eigenvalue weighted by Crippen LogP contribution is -2.31. The van der Waals surface area contributed by atoms with E-state index in [2.05, 4.69) is 0 Å². The van der Waals surface area contributed by atoms with Crippen molar-refractivity contribution >= 4 is 16.8 Å². The molecular formula is C15H19NO3. The Balaban J connectivity index is 2.06. The van der Waals surface area contributed by atoms with Gasteiger partial charge in [-0.25, -0.2) is 0 Å². The number of Topliss-reactive ketones (excluding diaryl/α,β-unsaturated/α-hetero) is 1. The topological polar surface area (TPSA) is 53.7 Å². The van der Waals surface area contributed by atoms with Gasteiger partial charge in [0, 0.05) is 18.5 Å². The predicted octanol–water partition coefficient (Wildman–Crippen LogP) is 2.32. The minimum absolute atomic E-state index is 0.0176. The highest BCUT2D eigenvalue weighted by Crippen LogP contribution is 2.19. The van der Waals surface area contributed by atoms with Crippen LogP contribution in [0.4, 0.5) is 0 Å². The Morgan fingerprint density at radius 2 is 2.16 bits per heavy atom. The quantitative estimate of drug-likeness (QED) is 0.777. The first-order chi connectivity index (χ1) is 9.24. The van der Waals surface area contributed by atoms with Gasteiger partial charge < -0.3 is 9.52 Å². The summed E-state index contributed by atoms with van der Waals surface area (Å²) >= 11 is 0. The standard InChI is InChI=1S/C15H19NO3/c1-2-16(8-5-9-17)11-13(18)15-10-12-6-3-4-7-14(12)19-15/h3-4,6-7,10,17H,2,5,8-9,11H2,1H3. The number of hydrogen-bond acceptors (Lipinski definition) is 4. The molecule has 2 aromatic rings. The normalized spacial score (nSPS) is 11.3. The maximum Gasteiger partial charge on any atom is 0.211 e. The second kappa shape index (κ2) is 6.50. The molecule has 4 heteroatoms. The first kappa shape index (κ1) is 13.8. The fraction of sp³-hybridized carbons (Fsp3) is 0.400. The highest BCUT2D eigenvalue weighted by Gasteiger charge is 2.15. The van der Waals surface area contributed by atoms with Crippen molar-refractivity contribution in [3.05, 3.63) is 36.1 Å². The maximum absolute atomic E-state index is 12.1. The smallest absolute Gasteiger partial charge is 0.211 e. The van der Waals surface area contributed by atoms with E-state index >= 15 is 0 Å². The molecule has 0 spiro atoms. The van der Waals surface area contributed by atoms with Crippen LogP contribution >= 0.6 is 0 Å². The van der Waals surface area contributed by atoms with Crippen LogP contribution in [0.1, 0.15) is 23.9 Å². The number of aliphatic hydroxyl groups excluding tert-OH is 1. The molecule has 2 rings (SSSR count). The molecular weight excluding hydrogens is 242 g/mol.